The Balaban J connectivity index is 3.02. The zero-order chi connectivity index (χ0) is 15.6. The summed E-state index contributed by atoms with van der Waals surface area (Å²) in [5.41, 5.74) is 0.612. The molecule has 0 unspecified atom stereocenters. The highest BCUT2D eigenvalue weighted by Crippen LogP contribution is 2.26. The number of carboxylic acid groups (broad SMARTS) is 1. The van der Waals surface area contributed by atoms with Gasteiger partial charge in [0.05, 0.1) is 6.42 Å². The second kappa shape index (κ2) is 5.65. The maximum atomic E-state index is 12.4. The summed E-state index contributed by atoms with van der Waals surface area (Å²) in [6, 6.07) is 7.42. The molecule has 1 aromatic rings. The van der Waals surface area contributed by atoms with Crippen LogP contribution < -0.4 is 5.32 Å². The summed E-state index contributed by atoms with van der Waals surface area (Å²) in [5, 5.41) is 11.7. The van der Waals surface area contributed by atoms with Crippen LogP contribution in [0.2, 0.25) is 0 Å². The van der Waals surface area contributed by atoms with E-state index in [-0.39, 0.29) is 17.7 Å². The predicted molar refractivity (Wildman–Crippen MR) is 78.9 cm³/mol. The third-order valence-electron chi connectivity index (χ3n) is 3.02. The van der Waals surface area contributed by atoms with Crippen LogP contribution >= 0.6 is 0 Å². The molecule has 20 heavy (non-hydrogen) atoms. The molecule has 110 valence electrons. The molecule has 1 aromatic carbocycles. The van der Waals surface area contributed by atoms with Gasteiger partial charge in [0.2, 0.25) is 0 Å². The third kappa shape index (κ3) is 4.37. The Morgan fingerprint density at radius 3 is 2.15 bits per heavy atom. The highest BCUT2D eigenvalue weighted by Gasteiger charge is 2.27. The molecule has 4 nitrogen and oxygen atoms in total. The number of aliphatic carboxylic acids is 1. The Bertz CT molecular complexity index is 513. The van der Waals surface area contributed by atoms with Gasteiger partial charge in [0.25, 0.3) is 5.91 Å². The number of nitrogens with one attached hydrogen (secondary N) is 1. The number of rotatable bonds is 4. The Hall–Kier alpha value is -1.84. The van der Waals surface area contributed by atoms with Crippen molar-refractivity contribution >= 4 is 11.9 Å². The first-order valence-electron chi connectivity index (χ1n) is 6.67. The molecule has 0 bridgehead atoms. The molecule has 0 aromatic heterocycles. The summed E-state index contributed by atoms with van der Waals surface area (Å²) in [6.07, 6.45) is -0.115. The highest BCUT2D eigenvalue weighted by molar-refractivity contribution is 5.96. The Morgan fingerprint density at radius 1 is 1.10 bits per heavy atom. The van der Waals surface area contributed by atoms with E-state index in [0.717, 1.165) is 5.56 Å². The van der Waals surface area contributed by atoms with Crippen LogP contribution in [-0.2, 0) is 10.2 Å². The summed E-state index contributed by atoms with van der Waals surface area (Å²) in [6.45, 7) is 9.54. The van der Waals surface area contributed by atoms with Crippen LogP contribution in [0.1, 0.15) is 57.0 Å². The van der Waals surface area contributed by atoms with Crippen molar-refractivity contribution in [1.82, 2.24) is 5.32 Å². The highest BCUT2D eigenvalue weighted by atomic mass is 16.4. The largest absolute Gasteiger partial charge is 0.481 e. The van der Waals surface area contributed by atoms with E-state index < -0.39 is 11.5 Å². The Morgan fingerprint density at radius 2 is 1.65 bits per heavy atom. The minimum atomic E-state index is -0.931. The maximum Gasteiger partial charge on any atom is 0.305 e. The van der Waals surface area contributed by atoms with Gasteiger partial charge >= 0.3 is 5.97 Å². The van der Waals surface area contributed by atoms with Gasteiger partial charge in [0.1, 0.15) is 0 Å². The Kier molecular flexibility index (Phi) is 4.58. The third-order valence-corrected chi connectivity index (χ3v) is 3.02. The van der Waals surface area contributed by atoms with Gasteiger partial charge in [-0.15, -0.1) is 0 Å². The quantitative estimate of drug-likeness (QED) is 0.889. The molecule has 0 atom stereocenters. The van der Waals surface area contributed by atoms with Gasteiger partial charge in [-0.05, 0) is 30.9 Å². The molecular weight excluding hydrogens is 254 g/mol. The van der Waals surface area contributed by atoms with Gasteiger partial charge in [-0.2, -0.15) is 0 Å². The Labute approximate surface area is 120 Å². The van der Waals surface area contributed by atoms with Crippen molar-refractivity contribution < 1.29 is 14.7 Å². The summed E-state index contributed by atoms with van der Waals surface area (Å²) >= 11 is 0. The van der Waals surface area contributed by atoms with Crippen molar-refractivity contribution in [3.8, 4) is 0 Å². The number of hydrogen-bond acceptors (Lipinski definition) is 2. The van der Waals surface area contributed by atoms with Gasteiger partial charge in [0, 0.05) is 11.1 Å². The van der Waals surface area contributed by atoms with E-state index in [2.05, 4.69) is 5.32 Å². The van der Waals surface area contributed by atoms with Crippen LogP contribution in [0, 0.1) is 0 Å². The molecule has 4 heteroatoms. The smallest absolute Gasteiger partial charge is 0.305 e. The second-order valence-electron chi connectivity index (χ2n) is 6.70. The van der Waals surface area contributed by atoms with Crippen LogP contribution in [0.3, 0.4) is 0 Å². The van der Waals surface area contributed by atoms with Gasteiger partial charge in [-0.1, -0.05) is 39.0 Å². The first-order chi connectivity index (χ1) is 9.03. The first kappa shape index (κ1) is 16.2. The summed E-state index contributed by atoms with van der Waals surface area (Å²) in [5.74, 6) is -1.17. The molecule has 0 spiro atoms. The van der Waals surface area contributed by atoms with Crippen molar-refractivity contribution in [2.24, 2.45) is 0 Å². The number of hydrogen-bond donors (Lipinski definition) is 2. The van der Waals surface area contributed by atoms with E-state index in [1.807, 2.05) is 39.0 Å². The number of benzene rings is 1. The van der Waals surface area contributed by atoms with Crippen molar-refractivity contribution in [2.75, 3.05) is 0 Å². The molecule has 0 saturated carbocycles. The van der Waals surface area contributed by atoms with Gasteiger partial charge in [-0.25, -0.2) is 0 Å². The maximum absolute atomic E-state index is 12.4. The van der Waals surface area contributed by atoms with Crippen molar-refractivity contribution in [3.63, 3.8) is 0 Å². The molecule has 1 amide bonds. The molecule has 0 radical (unpaired) electrons. The van der Waals surface area contributed by atoms with E-state index in [9.17, 15) is 9.59 Å². The van der Waals surface area contributed by atoms with Gasteiger partial charge < -0.3 is 10.4 Å². The van der Waals surface area contributed by atoms with Gasteiger partial charge in [0.15, 0.2) is 0 Å². The zero-order valence-electron chi connectivity index (χ0n) is 12.8. The normalized spacial score (nSPS) is 12.1. The van der Waals surface area contributed by atoms with E-state index in [1.165, 1.54) is 0 Å². The van der Waals surface area contributed by atoms with E-state index in [0.29, 0.717) is 5.56 Å². The van der Waals surface area contributed by atoms with Crippen molar-refractivity contribution in [3.05, 3.63) is 35.4 Å². The molecule has 0 fully saturated rings. The van der Waals surface area contributed by atoms with Crippen LogP contribution in [0.15, 0.2) is 24.3 Å². The molecule has 0 aliphatic rings. The average Bonchev–Trinajstić information content (AvgIpc) is 2.25. The topological polar surface area (TPSA) is 66.4 Å². The molecule has 2 N–H and O–H groups in total. The predicted octanol–water partition coefficient (Wildman–Crippen LogP) is 2.97. The molecule has 0 saturated heterocycles. The van der Waals surface area contributed by atoms with E-state index >= 15 is 0 Å². The number of carbonyl (C=O) groups excluding carboxylic acids is 1. The van der Waals surface area contributed by atoms with Gasteiger partial charge in [-0.3, -0.25) is 9.59 Å². The fourth-order valence-corrected chi connectivity index (χ4v) is 2.13. The fourth-order valence-electron chi connectivity index (χ4n) is 2.13. The summed E-state index contributed by atoms with van der Waals surface area (Å²) < 4.78 is 0. The van der Waals surface area contributed by atoms with E-state index in [1.54, 1.807) is 19.9 Å². The molecular formula is C16H23NO3. The zero-order valence-corrected chi connectivity index (χ0v) is 12.8. The first-order valence-corrected chi connectivity index (χ1v) is 6.67. The standard InChI is InChI=1S/C16H23NO3/c1-15(2,3)12-9-7-6-8-11(12)14(20)17-16(4,5)10-13(18)19/h6-9H,10H2,1-5H3,(H,17,20)(H,18,19). The van der Waals surface area contributed by atoms with E-state index in [4.69, 9.17) is 5.11 Å². The van der Waals surface area contributed by atoms with Crippen LogP contribution in [-0.4, -0.2) is 22.5 Å². The minimum absolute atomic E-state index is 0.115. The molecule has 0 aliphatic heterocycles. The molecule has 0 heterocycles. The fraction of sp³-hybridized carbons (Fsp3) is 0.500. The summed E-state index contributed by atoms with van der Waals surface area (Å²) in [4.78, 5) is 23.2. The lowest BCUT2D eigenvalue weighted by molar-refractivity contribution is -0.138. The number of carboxylic acids is 1. The van der Waals surface area contributed by atoms with Crippen molar-refractivity contribution in [1.29, 1.82) is 0 Å². The average molecular weight is 277 g/mol. The van der Waals surface area contributed by atoms with Crippen molar-refractivity contribution in [2.45, 2.75) is 52.0 Å². The van der Waals surface area contributed by atoms with Crippen LogP contribution in [0.25, 0.3) is 0 Å². The van der Waals surface area contributed by atoms with Crippen LogP contribution in [0.4, 0.5) is 0 Å². The monoisotopic (exact) mass is 277 g/mol. The van der Waals surface area contributed by atoms with Crippen LogP contribution in [0.5, 0.6) is 0 Å². The molecule has 1 rings (SSSR count). The second-order valence-corrected chi connectivity index (χ2v) is 6.70. The molecule has 0 aliphatic carbocycles. The lowest BCUT2D eigenvalue weighted by Gasteiger charge is -2.27. The lowest BCUT2D eigenvalue weighted by atomic mass is 9.83. The minimum Gasteiger partial charge on any atom is -0.481 e. The SMILES string of the molecule is CC(C)(CC(=O)O)NC(=O)c1ccccc1C(C)(C)C. The number of amides is 1. The number of carbonyl (C=O) groups is 2. The summed E-state index contributed by atoms with van der Waals surface area (Å²) in [7, 11) is 0. The lowest BCUT2D eigenvalue weighted by Crippen LogP contribution is -2.45.